The number of aliphatic hydroxyl groups excluding tert-OH is 1. The van der Waals surface area contributed by atoms with Gasteiger partial charge in [0, 0.05) is 14.1 Å². The highest BCUT2D eigenvalue weighted by atomic mass is 31.2. The molecule has 3 heterocycles. The second kappa shape index (κ2) is 12.0. The molecule has 15 heteroatoms. The van der Waals surface area contributed by atoms with E-state index >= 15 is 0 Å². The average molecular weight is 593 g/mol. The van der Waals surface area contributed by atoms with Crippen LogP contribution in [0.15, 0.2) is 36.7 Å². The van der Waals surface area contributed by atoms with Gasteiger partial charge in [0.15, 0.2) is 23.2 Å². The van der Waals surface area contributed by atoms with E-state index in [0.717, 1.165) is 0 Å². The van der Waals surface area contributed by atoms with Crippen LogP contribution in [0.5, 0.6) is 5.75 Å². The Morgan fingerprint density at radius 1 is 1.24 bits per heavy atom. The number of hydrogen-bond acceptors (Lipinski definition) is 12. The number of nitrogens with zero attached hydrogens (tertiary/aromatic N) is 5. The topological polar surface area (TPSA) is 170 Å². The number of aryl methyl sites for hydroxylation is 1. The molecule has 0 aliphatic carbocycles. The number of fused-ring (bicyclic) bond motifs is 1. The summed E-state index contributed by atoms with van der Waals surface area (Å²) in [5.41, 5.74) is -0.927. The van der Waals surface area contributed by atoms with E-state index in [0.29, 0.717) is 22.8 Å². The summed E-state index contributed by atoms with van der Waals surface area (Å²) in [6, 6.07) is 7.23. The zero-order valence-electron chi connectivity index (χ0n) is 24.1. The number of anilines is 1. The van der Waals surface area contributed by atoms with E-state index in [1.165, 1.54) is 24.7 Å². The Kier molecular flexibility index (Phi) is 9.02. The lowest BCUT2D eigenvalue weighted by Crippen LogP contribution is -2.44. The molecule has 1 aliphatic heterocycles. The lowest BCUT2D eigenvalue weighted by atomic mass is 9.96. The van der Waals surface area contributed by atoms with Crippen molar-refractivity contribution in [3.8, 4) is 5.75 Å². The Morgan fingerprint density at radius 3 is 2.56 bits per heavy atom. The summed E-state index contributed by atoms with van der Waals surface area (Å²) in [6.45, 7) is 7.55. The molecule has 0 bridgehead atoms. The molecule has 224 valence electrons. The predicted octanol–water partition coefficient (Wildman–Crippen LogP) is 2.34. The van der Waals surface area contributed by atoms with Crippen molar-refractivity contribution in [1.82, 2.24) is 24.6 Å². The highest BCUT2D eigenvalue weighted by Gasteiger charge is 2.54. The van der Waals surface area contributed by atoms with Crippen LogP contribution in [0.25, 0.3) is 11.2 Å². The Hall–Kier alpha value is -3.13. The fourth-order valence-electron chi connectivity index (χ4n) is 4.37. The molecule has 2 aromatic heterocycles. The molecule has 1 aliphatic rings. The number of imidazole rings is 1. The number of aromatic nitrogens is 4. The second-order valence-electron chi connectivity index (χ2n) is 10.5. The fraction of sp³-hybridized carbons (Fsp3) is 0.538. The van der Waals surface area contributed by atoms with E-state index in [4.69, 9.17) is 18.5 Å². The molecule has 3 aromatic rings. The summed E-state index contributed by atoms with van der Waals surface area (Å²) in [7, 11) is -0.575. The first-order valence-corrected chi connectivity index (χ1v) is 14.7. The maximum absolute atomic E-state index is 13.8. The van der Waals surface area contributed by atoms with Gasteiger partial charge in [0.2, 0.25) is 0 Å². The van der Waals surface area contributed by atoms with Crippen molar-refractivity contribution in [2.75, 3.05) is 25.6 Å². The molecule has 0 unspecified atom stereocenters. The van der Waals surface area contributed by atoms with Gasteiger partial charge in [-0.3, -0.25) is 13.9 Å². The standard InChI is InChI=1S/C26H37N6O8P/c1-15(2)38-24(34)16(3)30-41(36,40-18-11-9-8-10-12-18)37-13-19-21(33)26(5,35)25(39-19)32-14-27-20-22(31(6)7)28-17(4)29-23(20)32/h8-12,14-16,19,21,25,33,35H,13H2,1-7H3,(H,30,36)/t16-,19+,21+,25+,26+,41+/m0/s1. The van der Waals surface area contributed by atoms with Gasteiger partial charge in [-0.25, -0.2) is 19.5 Å². The number of carbonyl (C=O) groups excluding carboxylic acids is 1. The second-order valence-corrected chi connectivity index (χ2v) is 12.2. The van der Waals surface area contributed by atoms with Crippen molar-refractivity contribution in [1.29, 1.82) is 0 Å². The monoisotopic (exact) mass is 592 g/mol. The molecule has 6 atom stereocenters. The van der Waals surface area contributed by atoms with Crippen LogP contribution < -0.4 is 14.5 Å². The summed E-state index contributed by atoms with van der Waals surface area (Å²) in [6.07, 6.45) is -2.66. The molecule has 41 heavy (non-hydrogen) atoms. The minimum absolute atomic E-state index is 0.224. The molecule has 0 radical (unpaired) electrons. The van der Waals surface area contributed by atoms with E-state index < -0.39 is 50.4 Å². The third-order valence-electron chi connectivity index (χ3n) is 6.38. The van der Waals surface area contributed by atoms with Crippen molar-refractivity contribution >= 4 is 30.7 Å². The van der Waals surface area contributed by atoms with Gasteiger partial charge in [-0.05, 0) is 46.8 Å². The van der Waals surface area contributed by atoms with Crippen LogP contribution in [-0.2, 0) is 23.4 Å². The van der Waals surface area contributed by atoms with Crippen molar-refractivity contribution in [3.63, 3.8) is 0 Å². The van der Waals surface area contributed by atoms with E-state index in [9.17, 15) is 19.6 Å². The van der Waals surface area contributed by atoms with E-state index in [1.54, 1.807) is 56.0 Å². The predicted molar refractivity (Wildman–Crippen MR) is 149 cm³/mol. The summed E-state index contributed by atoms with van der Waals surface area (Å²) in [4.78, 5) is 27.5. The largest absolute Gasteiger partial charge is 0.462 e. The summed E-state index contributed by atoms with van der Waals surface area (Å²) in [5.74, 6) is 0.639. The first-order chi connectivity index (χ1) is 19.2. The summed E-state index contributed by atoms with van der Waals surface area (Å²) >= 11 is 0. The zero-order valence-corrected chi connectivity index (χ0v) is 25.0. The SMILES string of the molecule is Cc1nc(N(C)C)c2ncn([C@@H]3O[C@H](CO[P@](=O)(N[C@@H](C)C(=O)OC(C)C)Oc4ccccc4)[C@@H](O)[C@@]3(C)O)c2n1. The lowest BCUT2D eigenvalue weighted by molar-refractivity contribution is -0.149. The van der Waals surface area contributed by atoms with Crippen LogP contribution in [0.1, 0.15) is 39.7 Å². The van der Waals surface area contributed by atoms with Crippen LogP contribution in [0.2, 0.25) is 0 Å². The van der Waals surface area contributed by atoms with Crippen molar-refractivity contribution in [2.24, 2.45) is 0 Å². The highest BCUT2D eigenvalue weighted by Crippen LogP contribution is 2.47. The van der Waals surface area contributed by atoms with Gasteiger partial charge in [-0.15, -0.1) is 0 Å². The minimum atomic E-state index is -4.23. The van der Waals surface area contributed by atoms with Crippen LogP contribution in [-0.4, -0.2) is 86.4 Å². The molecule has 0 amide bonds. The molecule has 3 N–H and O–H groups in total. The number of para-hydroxylation sites is 1. The maximum Gasteiger partial charge on any atom is 0.459 e. The minimum Gasteiger partial charge on any atom is -0.462 e. The van der Waals surface area contributed by atoms with Gasteiger partial charge >= 0.3 is 13.7 Å². The highest BCUT2D eigenvalue weighted by molar-refractivity contribution is 7.52. The van der Waals surface area contributed by atoms with E-state index in [-0.39, 0.29) is 11.9 Å². The van der Waals surface area contributed by atoms with Crippen LogP contribution in [0.3, 0.4) is 0 Å². The van der Waals surface area contributed by atoms with E-state index in [2.05, 4.69) is 20.0 Å². The number of carbonyl (C=O) groups is 1. The maximum atomic E-state index is 13.8. The Morgan fingerprint density at radius 2 is 1.93 bits per heavy atom. The van der Waals surface area contributed by atoms with Crippen LogP contribution in [0, 0.1) is 6.92 Å². The Labute approximate surface area is 238 Å². The van der Waals surface area contributed by atoms with Crippen LogP contribution in [0.4, 0.5) is 5.82 Å². The molecule has 1 fully saturated rings. The van der Waals surface area contributed by atoms with Gasteiger partial charge in [0.25, 0.3) is 0 Å². The van der Waals surface area contributed by atoms with Crippen molar-refractivity contribution in [3.05, 3.63) is 42.5 Å². The average Bonchev–Trinajstić information content (AvgIpc) is 3.40. The molecule has 14 nitrogen and oxygen atoms in total. The number of ether oxygens (including phenoxy) is 2. The number of aliphatic hydroxyl groups is 2. The molecular weight excluding hydrogens is 555 g/mol. The molecule has 0 spiro atoms. The first kappa shape index (κ1) is 30.8. The van der Waals surface area contributed by atoms with Crippen molar-refractivity contribution in [2.45, 2.75) is 70.8 Å². The summed E-state index contributed by atoms with van der Waals surface area (Å²) < 4.78 is 38.0. The third kappa shape index (κ3) is 6.69. The number of benzene rings is 1. The van der Waals surface area contributed by atoms with Gasteiger partial charge in [-0.1, -0.05) is 18.2 Å². The number of nitrogens with one attached hydrogen (secondary N) is 1. The van der Waals surface area contributed by atoms with E-state index in [1.807, 2.05) is 14.1 Å². The van der Waals surface area contributed by atoms with Gasteiger partial charge < -0.3 is 29.1 Å². The number of rotatable bonds is 11. The quantitative estimate of drug-likeness (QED) is 0.219. The van der Waals surface area contributed by atoms with Gasteiger partial charge in [-0.2, -0.15) is 5.09 Å². The third-order valence-corrected chi connectivity index (χ3v) is 8.02. The molecule has 1 saturated heterocycles. The number of esters is 1. The Balaban J connectivity index is 1.57. The molecular formula is C26H37N6O8P. The molecule has 0 saturated carbocycles. The zero-order chi connectivity index (χ0) is 30.1. The smallest absolute Gasteiger partial charge is 0.459 e. The fourth-order valence-corrected chi connectivity index (χ4v) is 5.88. The summed E-state index contributed by atoms with van der Waals surface area (Å²) in [5, 5.41) is 25.0. The Bertz CT molecular complexity index is 1420. The first-order valence-electron chi connectivity index (χ1n) is 13.1. The van der Waals surface area contributed by atoms with Gasteiger partial charge in [0.05, 0.1) is 19.0 Å². The van der Waals surface area contributed by atoms with Gasteiger partial charge in [0.1, 0.15) is 35.4 Å². The van der Waals surface area contributed by atoms with Crippen molar-refractivity contribution < 1.29 is 38.1 Å². The normalized spacial score (nSPS) is 24.8. The lowest BCUT2D eigenvalue weighted by Gasteiger charge is -2.27. The number of hydrogen-bond donors (Lipinski definition) is 3. The molecule has 4 rings (SSSR count). The van der Waals surface area contributed by atoms with Crippen LogP contribution >= 0.6 is 7.75 Å². The molecule has 1 aromatic carbocycles.